The zero-order valence-corrected chi connectivity index (χ0v) is 18.1. The number of nitrogens with zero attached hydrogens (tertiary/aromatic N) is 3. The van der Waals surface area contributed by atoms with Crippen LogP contribution in [-0.2, 0) is 10.5 Å². The standard InChI is InChI=1S/C19H20N4O4S2/c1-5-26-18(25)15-11(3)21-19(29-15)22-16(24)13-7-6-8-20-17(13)28-9-14-10(2)23-27-12(14)4/h6-8H,5,9H2,1-4H3,(H,21,22,24). The van der Waals surface area contributed by atoms with Crippen LogP contribution < -0.4 is 5.32 Å². The number of pyridine rings is 1. The van der Waals surface area contributed by atoms with Gasteiger partial charge in [0.25, 0.3) is 5.91 Å². The summed E-state index contributed by atoms with van der Waals surface area (Å²) in [5.74, 6) is 0.548. The van der Waals surface area contributed by atoms with Gasteiger partial charge in [0.2, 0.25) is 0 Å². The number of carbonyl (C=O) groups excluding carboxylic acids is 2. The van der Waals surface area contributed by atoms with E-state index in [2.05, 4.69) is 20.4 Å². The van der Waals surface area contributed by atoms with E-state index >= 15 is 0 Å². The van der Waals surface area contributed by atoms with Crippen molar-refractivity contribution in [2.75, 3.05) is 11.9 Å². The van der Waals surface area contributed by atoms with Crippen molar-refractivity contribution in [3.8, 4) is 0 Å². The van der Waals surface area contributed by atoms with Crippen LogP contribution in [0.1, 0.15) is 49.7 Å². The van der Waals surface area contributed by atoms with Gasteiger partial charge in [-0.1, -0.05) is 16.5 Å². The number of carbonyl (C=O) groups is 2. The van der Waals surface area contributed by atoms with E-state index in [9.17, 15) is 9.59 Å². The van der Waals surface area contributed by atoms with Gasteiger partial charge in [-0.3, -0.25) is 10.1 Å². The Bertz CT molecular complexity index is 1030. The first kappa shape index (κ1) is 21.0. The Labute approximate surface area is 176 Å². The number of ether oxygens (including phenoxy) is 1. The van der Waals surface area contributed by atoms with Crippen LogP contribution in [0.3, 0.4) is 0 Å². The van der Waals surface area contributed by atoms with Crippen molar-refractivity contribution in [2.45, 2.75) is 38.5 Å². The monoisotopic (exact) mass is 432 g/mol. The number of rotatable bonds is 7. The molecule has 1 N–H and O–H groups in total. The third-order valence-electron chi connectivity index (χ3n) is 4.03. The molecule has 0 saturated carbocycles. The molecule has 3 aromatic rings. The first-order chi connectivity index (χ1) is 13.9. The van der Waals surface area contributed by atoms with Gasteiger partial charge >= 0.3 is 5.97 Å². The average molecular weight is 433 g/mol. The molecular weight excluding hydrogens is 412 g/mol. The van der Waals surface area contributed by atoms with Crippen molar-refractivity contribution >= 4 is 40.1 Å². The first-order valence-corrected chi connectivity index (χ1v) is 10.7. The molecule has 0 radical (unpaired) electrons. The van der Waals surface area contributed by atoms with Crippen LogP contribution in [0.2, 0.25) is 0 Å². The third kappa shape index (κ3) is 4.83. The molecule has 3 aromatic heterocycles. The van der Waals surface area contributed by atoms with Crippen LogP contribution in [0.5, 0.6) is 0 Å². The van der Waals surface area contributed by atoms with Crippen molar-refractivity contribution < 1.29 is 18.8 Å². The number of nitrogens with one attached hydrogen (secondary N) is 1. The van der Waals surface area contributed by atoms with Crippen LogP contribution in [0, 0.1) is 20.8 Å². The molecule has 0 atom stereocenters. The molecule has 0 unspecified atom stereocenters. The maximum atomic E-state index is 12.8. The van der Waals surface area contributed by atoms with Crippen molar-refractivity contribution in [3.05, 3.63) is 51.5 Å². The highest BCUT2D eigenvalue weighted by Crippen LogP contribution is 2.29. The van der Waals surface area contributed by atoms with E-state index in [4.69, 9.17) is 9.26 Å². The van der Waals surface area contributed by atoms with E-state index in [1.165, 1.54) is 11.8 Å². The largest absolute Gasteiger partial charge is 0.462 e. The van der Waals surface area contributed by atoms with Gasteiger partial charge in [0.05, 0.1) is 23.6 Å². The van der Waals surface area contributed by atoms with Gasteiger partial charge in [0.1, 0.15) is 15.7 Å². The second-order valence-electron chi connectivity index (χ2n) is 6.06. The molecule has 10 heteroatoms. The highest BCUT2D eigenvalue weighted by Gasteiger charge is 2.20. The quantitative estimate of drug-likeness (QED) is 0.438. The predicted octanol–water partition coefficient (Wildman–Crippen LogP) is 4.17. The second-order valence-corrected chi connectivity index (χ2v) is 8.02. The number of thiazole rings is 1. The SMILES string of the molecule is CCOC(=O)c1sc(NC(=O)c2cccnc2SCc2c(C)noc2C)nc1C. The summed E-state index contributed by atoms with van der Waals surface area (Å²) < 4.78 is 10.2. The summed E-state index contributed by atoms with van der Waals surface area (Å²) in [6, 6.07) is 3.40. The lowest BCUT2D eigenvalue weighted by molar-refractivity contribution is 0.0531. The van der Waals surface area contributed by atoms with Crippen LogP contribution in [0.4, 0.5) is 5.13 Å². The van der Waals surface area contributed by atoms with Gasteiger partial charge in [0, 0.05) is 17.5 Å². The van der Waals surface area contributed by atoms with Gasteiger partial charge in [0.15, 0.2) is 5.13 Å². The van der Waals surface area contributed by atoms with E-state index in [1.54, 1.807) is 32.2 Å². The molecule has 0 aliphatic heterocycles. The highest BCUT2D eigenvalue weighted by molar-refractivity contribution is 7.98. The molecule has 0 bridgehead atoms. The minimum atomic E-state index is -0.444. The van der Waals surface area contributed by atoms with E-state index < -0.39 is 5.97 Å². The second kappa shape index (κ2) is 9.19. The summed E-state index contributed by atoms with van der Waals surface area (Å²) >= 11 is 2.52. The summed E-state index contributed by atoms with van der Waals surface area (Å²) in [6.07, 6.45) is 1.64. The molecule has 1 amide bonds. The number of thioether (sulfide) groups is 1. The summed E-state index contributed by atoms with van der Waals surface area (Å²) in [7, 11) is 0. The topological polar surface area (TPSA) is 107 Å². The molecule has 29 heavy (non-hydrogen) atoms. The molecule has 8 nitrogen and oxygen atoms in total. The molecule has 0 saturated heterocycles. The van der Waals surface area contributed by atoms with E-state index in [1.807, 2.05) is 13.8 Å². The van der Waals surface area contributed by atoms with Gasteiger partial charge in [-0.15, -0.1) is 11.8 Å². The minimum Gasteiger partial charge on any atom is -0.462 e. The van der Waals surface area contributed by atoms with Crippen LogP contribution in [-0.4, -0.2) is 33.6 Å². The van der Waals surface area contributed by atoms with Crippen LogP contribution in [0.25, 0.3) is 0 Å². The van der Waals surface area contributed by atoms with Gasteiger partial charge in [-0.25, -0.2) is 14.8 Å². The number of aryl methyl sites for hydroxylation is 3. The Balaban J connectivity index is 1.75. The maximum absolute atomic E-state index is 12.8. The predicted molar refractivity (Wildman–Crippen MR) is 111 cm³/mol. The van der Waals surface area contributed by atoms with Gasteiger partial charge in [-0.05, 0) is 39.8 Å². The molecule has 0 aliphatic carbocycles. The molecule has 3 rings (SSSR count). The Morgan fingerprint density at radius 1 is 1.28 bits per heavy atom. The van der Waals surface area contributed by atoms with E-state index in [0.29, 0.717) is 32.0 Å². The molecule has 0 spiro atoms. The normalized spacial score (nSPS) is 10.8. The fraction of sp³-hybridized carbons (Fsp3) is 0.316. The van der Waals surface area contributed by atoms with Crippen molar-refractivity contribution in [1.29, 1.82) is 0 Å². The summed E-state index contributed by atoms with van der Waals surface area (Å²) in [6.45, 7) is 7.45. The van der Waals surface area contributed by atoms with Crippen molar-refractivity contribution in [1.82, 2.24) is 15.1 Å². The van der Waals surface area contributed by atoms with E-state index in [0.717, 1.165) is 28.4 Å². The zero-order valence-electron chi connectivity index (χ0n) is 16.4. The first-order valence-electron chi connectivity index (χ1n) is 8.86. The van der Waals surface area contributed by atoms with Crippen LogP contribution >= 0.6 is 23.1 Å². The summed E-state index contributed by atoms with van der Waals surface area (Å²) in [4.78, 5) is 33.7. The van der Waals surface area contributed by atoms with Crippen molar-refractivity contribution in [3.63, 3.8) is 0 Å². The minimum absolute atomic E-state index is 0.277. The molecule has 152 valence electrons. The molecule has 0 aromatic carbocycles. The fourth-order valence-corrected chi connectivity index (χ4v) is 4.53. The van der Waals surface area contributed by atoms with Gasteiger partial charge in [-0.2, -0.15) is 0 Å². The number of anilines is 1. The molecule has 3 heterocycles. The number of amides is 1. The summed E-state index contributed by atoms with van der Waals surface area (Å²) in [5, 5.41) is 7.62. The number of hydrogen-bond acceptors (Lipinski definition) is 9. The average Bonchev–Trinajstić information content (AvgIpc) is 3.22. The maximum Gasteiger partial charge on any atom is 0.350 e. The fourth-order valence-electron chi connectivity index (χ4n) is 2.53. The zero-order chi connectivity index (χ0) is 21.0. The van der Waals surface area contributed by atoms with Gasteiger partial charge < -0.3 is 9.26 Å². The Morgan fingerprint density at radius 2 is 2.07 bits per heavy atom. The molecule has 0 aliphatic rings. The van der Waals surface area contributed by atoms with E-state index in [-0.39, 0.29) is 12.5 Å². The number of esters is 1. The van der Waals surface area contributed by atoms with Crippen molar-refractivity contribution in [2.24, 2.45) is 0 Å². The number of aromatic nitrogens is 3. The lowest BCUT2D eigenvalue weighted by atomic mass is 10.2. The molecule has 0 fully saturated rings. The lowest BCUT2D eigenvalue weighted by Crippen LogP contribution is -2.13. The third-order valence-corrected chi connectivity index (χ3v) is 6.11. The lowest BCUT2D eigenvalue weighted by Gasteiger charge is -2.07. The highest BCUT2D eigenvalue weighted by atomic mass is 32.2. The Hall–Kier alpha value is -2.72. The number of hydrogen-bond donors (Lipinski definition) is 1. The molecular formula is C19H20N4O4S2. The summed E-state index contributed by atoms with van der Waals surface area (Å²) in [5.41, 5.74) is 2.75. The smallest absolute Gasteiger partial charge is 0.350 e. The Kier molecular flexibility index (Phi) is 6.65. The Morgan fingerprint density at radius 3 is 2.76 bits per heavy atom. The van der Waals surface area contributed by atoms with Crippen LogP contribution in [0.15, 0.2) is 27.9 Å².